The quantitative estimate of drug-likeness (QED) is 0.303. The molecule has 0 bridgehead atoms. The molecular formula is C22H31IN4O. The second-order valence-electron chi connectivity index (χ2n) is 6.76. The van der Waals surface area contributed by atoms with E-state index in [4.69, 9.17) is 0 Å². The van der Waals surface area contributed by atoms with E-state index in [1.807, 2.05) is 38.1 Å². The van der Waals surface area contributed by atoms with Gasteiger partial charge < -0.3 is 16.0 Å². The zero-order valence-corrected chi connectivity index (χ0v) is 19.4. The zero-order valence-electron chi connectivity index (χ0n) is 17.1. The number of aryl methyl sites for hydroxylation is 1. The Morgan fingerprint density at radius 1 is 1.04 bits per heavy atom. The molecular weight excluding hydrogens is 463 g/mol. The molecule has 6 heteroatoms. The van der Waals surface area contributed by atoms with E-state index in [0.29, 0.717) is 13.1 Å². The molecule has 0 fully saturated rings. The Labute approximate surface area is 185 Å². The molecule has 1 unspecified atom stereocenters. The number of rotatable bonds is 7. The molecule has 3 N–H and O–H groups in total. The number of anilines is 1. The molecule has 1 atom stereocenters. The van der Waals surface area contributed by atoms with E-state index in [9.17, 15) is 4.79 Å². The van der Waals surface area contributed by atoms with Crippen molar-refractivity contribution in [1.82, 2.24) is 10.6 Å². The minimum atomic E-state index is 0. The number of nitrogens with zero attached hydrogens (tertiary/aromatic N) is 1. The van der Waals surface area contributed by atoms with Crippen LogP contribution in [0.25, 0.3) is 0 Å². The number of amides is 1. The minimum absolute atomic E-state index is 0. The standard InChI is InChI=1S/C22H30N4O.HI/c1-5-17(3)21(27)26-20-8-6-7-19(13-20)15-25-22(23-4)24-14-18-11-9-16(2)10-12-18;/h6-13,17H,5,14-15H2,1-4H3,(H,26,27)(H2,23,24,25);1H. The van der Waals surface area contributed by atoms with Gasteiger partial charge in [0.1, 0.15) is 0 Å². The summed E-state index contributed by atoms with van der Waals surface area (Å²) in [5.74, 6) is 0.805. The van der Waals surface area contributed by atoms with E-state index in [2.05, 4.69) is 52.1 Å². The summed E-state index contributed by atoms with van der Waals surface area (Å²) < 4.78 is 0. The zero-order chi connectivity index (χ0) is 19.6. The SMILES string of the molecule is CCC(C)C(=O)Nc1cccc(CNC(=NC)NCc2ccc(C)cc2)c1.I. The number of halogens is 1. The molecule has 2 aromatic carbocycles. The second kappa shape index (κ2) is 12.4. The van der Waals surface area contributed by atoms with Crippen molar-refractivity contribution in [1.29, 1.82) is 0 Å². The smallest absolute Gasteiger partial charge is 0.227 e. The predicted octanol–water partition coefficient (Wildman–Crippen LogP) is 4.46. The van der Waals surface area contributed by atoms with E-state index >= 15 is 0 Å². The van der Waals surface area contributed by atoms with Crippen LogP contribution < -0.4 is 16.0 Å². The van der Waals surface area contributed by atoms with Crippen LogP contribution in [0, 0.1) is 12.8 Å². The maximum atomic E-state index is 12.1. The number of guanidine groups is 1. The van der Waals surface area contributed by atoms with Gasteiger partial charge in [-0.05, 0) is 36.6 Å². The first-order chi connectivity index (χ1) is 13.0. The van der Waals surface area contributed by atoms with Gasteiger partial charge in [0.2, 0.25) is 5.91 Å². The average Bonchev–Trinajstić information content (AvgIpc) is 2.69. The maximum absolute atomic E-state index is 12.1. The summed E-state index contributed by atoms with van der Waals surface area (Å²) in [5, 5.41) is 9.60. The summed E-state index contributed by atoms with van der Waals surface area (Å²) in [6, 6.07) is 16.3. The molecule has 2 aromatic rings. The predicted molar refractivity (Wildman–Crippen MR) is 128 cm³/mol. The van der Waals surface area contributed by atoms with Crippen molar-refractivity contribution in [2.45, 2.75) is 40.3 Å². The molecule has 1 amide bonds. The molecule has 28 heavy (non-hydrogen) atoms. The number of nitrogens with one attached hydrogen (secondary N) is 3. The van der Waals surface area contributed by atoms with Crippen LogP contribution in [-0.4, -0.2) is 18.9 Å². The van der Waals surface area contributed by atoms with Crippen LogP contribution in [0.15, 0.2) is 53.5 Å². The lowest BCUT2D eigenvalue weighted by Gasteiger charge is -2.14. The van der Waals surface area contributed by atoms with Gasteiger partial charge in [-0.1, -0.05) is 55.8 Å². The van der Waals surface area contributed by atoms with Gasteiger partial charge in [0.15, 0.2) is 5.96 Å². The summed E-state index contributed by atoms with van der Waals surface area (Å²) in [6.45, 7) is 7.37. The topological polar surface area (TPSA) is 65.5 Å². The number of hydrogen-bond donors (Lipinski definition) is 3. The first-order valence-electron chi connectivity index (χ1n) is 9.41. The van der Waals surface area contributed by atoms with Crippen LogP contribution in [0.4, 0.5) is 5.69 Å². The third-order valence-corrected chi connectivity index (χ3v) is 4.52. The highest BCUT2D eigenvalue weighted by Crippen LogP contribution is 2.13. The first kappa shape index (κ1) is 23.9. The minimum Gasteiger partial charge on any atom is -0.352 e. The monoisotopic (exact) mass is 494 g/mol. The Bertz CT molecular complexity index is 774. The molecule has 0 saturated carbocycles. The van der Waals surface area contributed by atoms with Gasteiger partial charge in [-0.25, -0.2) is 0 Å². The van der Waals surface area contributed by atoms with Crippen LogP contribution in [0.5, 0.6) is 0 Å². The molecule has 0 spiro atoms. The van der Waals surface area contributed by atoms with Crippen LogP contribution in [-0.2, 0) is 17.9 Å². The summed E-state index contributed by atoms with van der Waals surface area (Å²) >= 11 is 0. The molecule has 2 rings (SSSR count). The van der Waals surface area contributed by atoms with Gasteiger partial charge in [-0.15, -0.1) is 24.0 Å². The van der Waals surface area contributed by atoms with Gasteiger partial charge in [0.05, 0.1) is 0 Å². The van der Waals surface area contributed by atoms with Crippen molar-refractivity contribution in [2.75, 3.05) is 12.4 Å². The van der Waals surface area contributed by atoms with Crippen LogP contribution >= 0.6 is 24.0 Å². The van der Waals surface area contributed by atoms with Crippen LogP contribution in [0.3, 0.4) is 0 Å². The van der Waals surface area contributed by atoms with Gasteiger partial charge in [0.25, 0.3) is 0 Å². The average molecular weight is 494 g/mol. The van der Waals surface area contributed by atoms with E-state index in [1.165, 1.54) is 11.1 Å². The van der Waals surface area contributed by atoms with Crippen LogP contribution in [0.2, 0.25) is 0 Å². The van der Waals surface area contributed by atoms with E-state index < -0.39 is 0 Å². The normalized spacial score (nSPS) is 11.9. The van der Waals surface area contributed by atoms with Crippen molar-refractivity contribution in [3.8, 4) is 0 Å². The fourth-order valence-corrected chi connectivity index (χ4v) is 2.51. The molecule has 5 nitrogen and oxygen atoms in total. The summed E-state index contributed by atoms with van der Waals surface area (Å²) in [4.78, 5) is 16.3. The third-order valence-electron chi connectivity index (χ3n) is 4.52. The molecule has 0 aliphatic rings. The van der Waals surface area contributed by atoms with Crippen molar-refractivity contribution in [3.05, 3.63) is 65.2 Å². The number of carbonyl (C=O) groups excluding carboxylic acids is 1. The molecule has 152 valence electrons. The molecule has 0 aliphatic heterocycles. The largest absolute Gasteiger partial charge is 0.352 e. The van der Waals surface area contributed by atoms with Gasteiger partial charge in [-0.2, -0.15) is 0 Å². The Morgan fingerprint density at radius 2 is 1.68 bits per heavy atom. The lowest BCUT2D eigenvalue weighted by Crippen LogP contribution is -2.36. The molecule has 0 heterocycles. The maximum Gasteiger partial charge on any atom is 0.227 e. The van der Waals surface area contributed by atoms with Crippen molar-refractivity contribution < 1.29 is 4.79 Å². The lowest BCUT2D eigenvalue weighted by atomic mass is 10.1. The summed E-state index contributed by atoms with van der Waals surface area (Å²) in [5.41, 5.74) is 4.36. The van der Waals surface area contributed by atoms with Gasteiger partial charge in [0, 0.05) is 31.7 Å². The van der Waals surface area contributed by atoms with E-state index in [0.717, 1.165) is 23.6 Å². The highest BCUT2D eigenvalue weighted by molar-refractivity contribution is 14.0. The van der Waals surface area contributed by atoms with Gasteiger partial charge in [-0.3, -0.25) is 9.79 Å². The number of carbonyl (C=O) groups is 1. The van der Waals surface area contributed by atoms with Crippen molar-refractivity contribution in [2.24, 2.45) is 10.9 Å². The number of benzene rings is 2. The van der Waals surface area contributed by atoms with Crippen LogP contribution in [0.1, 0.15) is 37.0 Å². The molecule has 0 radical (unpaired) electrons. The Kier molecular flexibility index (Phi) is 10.6. The Balaban J connectivity index is 0.00000392. The van der Waals surface area contributed by atoms with Crippen molar-refractivity contribution >= 4 is 41.5 Å². The second-order valence-corrected chi connectivity index (χ2v) is 6.76. The van der Waals surface area contributed by atoms with E-state index in [1.54, 1.807) is 7.05 Å². The summed E-state index contributed by atoms with van der Waals surface area (Å²) in [7, 11) is 1.76. The van der Waals surface area contributed by atoms with Gasteiger partial charge >= 0.3 is 0 Å². The van der Waals surface area contributed by atoms with E-state index in [-0.39, 0.29) is 35.8 Å². The third kappa shape index (κ3) is 7.88. The molecule has 0 aliphatic carbocycles. The highest BCUT2D eigenvalue weighted by atomic mass is 127. The van der Waals surface area contributed by atoms with Crippen molar-refractivity contribution in [3.63, 3.8) is 0 Å². The highest BCUT2D eigenvalue weighted by Gasteiger charge is 2.10. The fraction of sp³-hybridized carbons (Fsp3) is 0.364. The Morgan fingerprint density at radius 3 is 2.29 bits per heavy atom. The molecule has 0 aromatic heterocycles. The Hall–Kier alpha value is -2.09. The number of aliphatic imine (C=N–C) groups is 1. The number of hydrogen-bond acceptors (Lipinski definition) is 2. The first-order valence-corrected chi connectivity index (χ1v) is 9.41. The molecule has 0 saturated heterocycles. The fourth-order valence-electron chi connectivity index (χ4n) is 2.51. The lowest BCUT2D eigenvalue weighted by molar-refractivity contribution is -0.119. The summed E-state index contributed by atoms with van der Waals surface area (Å²) in [6.07, 6.45) is 0.829.